The van der Waals surface area contributed by atoms with E-state index in [2.05, 4.69) is 49.7 Å². The lowest BCUT2D eigenvalue weighted by Gasteiger charge is -2.36. The molecule has 7 heterocycles. The van der Waals surface area contributed by atoms with Crippen LogP contribution in [0.2, 0.25) is 5.02 Å². The van der Waals surface area contributed by atoms with Crippen LogP contribution in [-0.2, 0) is 14.4 Å². The first-order valence-corrected chi connectivity index (χ1v) is 26.3. The summed E-state index contributed by atoms with van der Waals surface area (Å²) in [4.78, 5) is 60.0. The van der Waals surface area contributed by atoms with Gasteiger partial charge in [0.15, 0.2) is 5.82 Å². The highest BCUT2D eigenvalue weighted by Gasteiger charge is 2.43. The molecule has 10 rings (SSSR count). The zero-order valence-corrected chi connectivity index (χ0v) is 43.4. The van der Waals surface area contributed by atoms with E-state index >= 15 is 0 Å². The molecule has 372 valence electrons. The smallest absolute Gasteiger partial charge is 0.248 e. The van der Waals surface area contributed by atoms with E-state index in [1.54, 1.807) is 52.0 Å². The molecule has 7 aromatic rings. The first-order valence-electron chi connectivity index (χ1n) is 24.2. The van der Waals surface area contributed by atoms with E-state index in [4.69, 9.17) is 21.3 Å². The van der Waals surface area contributed by atoms with Crippen LogP contribution in [0.1, 0.15) is 109 Å². The Bertz CT molecular complexity index is 3190. The number of hydrogen-bond acceptors (Lipinski definition) is 13. The first-order chi connectivity index (χ1) is 34.6. The number of hydrogen-bond donors (Lipinski definition) is 3. The minimum Gasteiger partial charge on any atom is -0.490 e. The number of β-amino-alcohol motifs (C(OH)–C–C–N with tert-alkyl or cyclic N) is 1. The van der Waals surface area contributed by atoms with Gasteiger partial charge in [-0.3, -0.25) is 33.6 Å². The lowest BCUT2D eigenvalue weighted by molar-refractivity contribution is -0.142. The highest BCUT2D eigenvalue weighted by atomic mass is 35.5. The Morgan fingerprint density at radius 2 is 1.68 bits per heavy atom. The third-order valence-corrected chi connectivity index (χ3v) is 16.4. The van der Waals surface area contributed by atoms with Crippen LogP contribution in [0.3, 0.4) is 0 Å². The number of likely N-dealkylation sites (tertiary alicyclic amines) is 1. The van der Waals surface area contributed by atoms with E-state index in [0.717, 1.165) is 54.9 Å². The van der Waals surface area contributed by atoms with Gasteiger partial charge in [-0.1, -0.05) is 61.8 Å². The van der Waals surface area contributed by atoms with Gasteiger partial charge in [0.25, 0.3) is 0 Å². The molecule has 19 heteroatoms. The summed E-state index contributed by atoms with van der Waals surface area (Å²) < 4.78 is 10.1. The number of thiazole rings is 1. The molecule has 3 N–H and O–H groups in total. The van der Waals surface area contributed by atoms with Crippen molar-refractivity contribution in [2.24, 2.45) is 10.9 Å². The van der Waals surface area contributed by atoms with Gasteiger partial charge in [0.1, 0.15) is 40.8 Å². The number of carbonyl (C=O) groups excluding carboxylic acids is 3. The van der Waals surface area contributed by atoms with Gasteiger partial charge in [-0.25, -0.2) is 4.98 Å². The Morgan fingerprint density at radius 3 is 2.40 bits per heavy atom. The summed E-state index contributed by atoms with van der Waals surface area (Å²) in [6.45, 7) is 13.9. The molecule has 3 aliphatic rings. The maximum absolute atomic E-state index is 14.4. The monoisotopic (exact) mass is 1030 g/mol. The summed E-state index contributed by atoms with van der Waals surface area (Å²) in [6, 6.07) is 16.7. The van der Waals surface area contributed by atoms with E-state index in [0.29, 0.717) is 40.7 Å². The van der Waals surface area contributed by atoms with Crippen molar-refractivity contribution in [2.75, 3.05) is 6.54 Å². The molecular weight excluding hydrogens is 970 g/mol. The molecule has 1 unspecified atom stereocenters. The number of halogens is 1. The van der Waals surface area contributed by atoms with Crippen LogP contribution in [0.4, 0.5) is 0 Å². The topological polar surface area (TPSA) is 195 Å². The molecule has 0 bridgehead atoms. The molecule has 3 amide bonds. The molecule has 1 aliphatic carbocycles. The Kier molecular flexibility index (Phi) is 13.7. The third-order valence-electron chi connectivity index (χ3n) is 13.9. The maximum atomic E-state index is 14.4. The number of aliphatic hydroxyl groups is 1. The Morgan fingerprint density at radius 1 is 0.931 bits per heavy atom. The molecule has 5 atom stereocenters. The largest absolute Gasteiger partial charge is 0.490 e. The standard InChI is InChI=1S/C53H56ClN11O5S2/c1-27(2)48(52(69)63-25-39(66)20-44(63)51(68)58-29(4)33-8-10-35(11-9-33)49-30(5)56-26-71-49)64-24-36(23-57-64)42-21-40(16-17-55-42)70-41-18-38(19-41)59-45(67)22-43-50-62-61-32(7)65(50)53-46(28(3)31(6)72-53)47(60-43)34-12-14-37(54)15-13-34/h8-17,21,23-24,26-27,29,38-39,41,43-44,48,66H,18-20,22,25H2,1-7H3,(H,58,68)(H,59,67)/t29-,38-,39+,41-,43-,44-,48?/m0/s1. The van der Waals surface area contributed by atoms with Gasteiger partial charge in [0.2, 0.25) is 17.7 Å². The van der Waals surface area contributed by atoms with E-state index in [9.17, 15) is 19.5 Å². The molecule has 5 aromatic heterocycles. The Balaban J connectivity index is 0.762. The highest BCUT2D eigenvalue weighted by Crippen LogP contribution is 2.40. The minimum atomic E-state index is -0.846. The fraction of sp³-hybridized carbons (Fsp3) is 0.377. The highest BCUT2D eigenvalue weighted by molar-refractivity contribution is 7.15. The van der Waals surface area contributed by atoms with Crippen molar-refractivity contribution < 1.29 is 24.2 Å². The normalized spacial score (nSPS) is 20.2. The molecule has 0 spiro atoms. The fourth-order valence-corrected chi connectivity index (χ4v) is 12.1. The van der Waals surface area contributed by atoms with Crippen LogP contribution in [0.25, 0.3) is 26.7 Å². The van der Waals surface area contributed by atoms with Gasteiger partial charge in [0.05, 0.1) is 52.3 Å². The Labute approximate surface area is 430 Å². The number of aliphatic imine (C=N–C) groups is 1. The van der Waals surface area contributed by atoms with Gasteiger partial charge in [-0.05, 0) is 75.4 Å². The molecule has 1 saturated heterocycles. The van der Waals surface area contributed by atoms with Crippen molar-refractivity contribution in [1.29, 1.82) is 0 Å². The molecular formula is C53H56ClN11O5S2. The lowest BCUT2D eigenvalue weighted by atomic mass is 9.89. The van der Waals surface area contributed by atoms with E-state index in [1.807, 2.05) is 99.3 Å². The van der Waals surface area contributed by atoms with Crippen LogP contribution < -0.4 is 15.4 Å². The van der Waals surface area contributed by atoms with Crippen LogP contribution in [0.15, 0.2) is 89.8 Å². The molecule has 1 saturated carbocycles. The van der Waals surface area contributed by atoms with Gasteiger partial charge < -0.3 is 25.4 Å². The van der Waals surface area contributed by atoms with E-state index < -0.39 is 24.2 Å². The average Bonchev–Trinajstić information content (AvgIpc) is 4.19. The predicted octanol–water partition coefficient (Wildman–Crippen LogP) is 8.64. The second-order valence-corrected chi connectivity index (χ2v) is 21.9. The van der Waals surface area contributed by atoms with E-state index in [-0.39, 0.29) is 61.2 Å². The fourth-order valence-electron chi connectivity index (χ4n) is 9.91. The van der Waals surface area contributed by atoms with Crippen molar-refractivity contribution in [3.8, 4) is 32.4 Å². The van der Waals surface area contributed by atoms with Gasteiger partial charge in [-0.2, -0.15) is 5.10 Å². The van der Waals surface area contributed by atoms with E-state index in [1.165, 1.54) is 9.78 Å². The quantitative estimate of drug-likeness (QED) is 0.0949. The molecule has 16 nitrogen and oxygen atoms in total. The zero-order chi connectivity index (χ0) is 50.5. The number of aryl methyl sites for hydroxylation is 3. The number of aromatic nitrogens is 7. The van der Waals surface area contributed by atoms with Crippen molar-refractivity contribution in [3.05, 3.63) is 134 Å². The SMILES string of the molecule is Cc1ncsc1-c1ccc([C@H](C)NC(=O)[C@@H]2C[C@@H](O)CN2C(=O)C(C(C)C)n2cc(-c3cc(O[C@H]4C[C@H](NC(=O)C[C@@H]5N=C(c6ccc(Cl)cc6)c6c(sc(C)c6C)-n6c(C)nnc65)C4)ccn3)cn2)cc1. The summed E-state index contributed by atoms with van der Waals surface area (Å²) in [5.41, 5.74) is 9.93. The molecule has 0 radical (unpaired) electrons. The zero-order valence-electron chi connectivity index (χ0n) is 41.0. The van der Waals surface area contributed by atoms with Crippen LogP contribution >= 0.6 is 34.3 Å². The second-order valence-electron chi connectivity index (χ2n) is 19.4. The van der Waals surface area contributed by atoms with Crippen molar-refractivity contribution in [1.82, 2.24) is 50.0 Å². The molecule has 2 aliphatic heterocycles. The van der Waals surface area contributed by atoms with Gasteiger partial charge in [-0.15, -0.1) is 32.9 Å². The number of carbonyl (C=O) groups is 3. The molecule has 72 heavy (non-hydrogen) atoms. The Hall–Kier alpha value is -6.60. The number of amides is 3. The van der Waals surface area contributed by atoms with Gasteiger partial charge >= 0.3 is 0 Å². The van der Waals surface area contributed by atoms with Crippen LogP contribution in [-0.4, -0.2) is 98.8 Å². The second kappa shape index (κ2) is 20.1. The number of benzene rings is 2. The average molecular weight is 1030 g/mol. The number of nitrogens with zero attached hydrogens (tertiary/aromatic N) is 9. The number of pyridine rings is 1. The van der Waals surface area contributed by atoms with Crippen molar-refractivity contribution in [3.63, 3.8) is 0 Å². The lowest BCUT2D eigenvalue weighted by Crippen LogP contribution is -2.49. The first kappa shape index (κ1) is 49.0. The van der Waals surface area contributed by atoms with Crippen LogP contribution in [0, 0.1) is 33.6 Å². The number of rotatable bonds is 14. The minimum absolute atomic E-state index is 0.0406. The number of fused-ring (bicyclic) bond motifs is 3. The number of nitrogens with one attached hydrogen (secondary N) is 2. The molecule has 2 aromatic carbocycles. The van der Waals surface area contributed by atoms with Crippen molar-refractivity contribution in [2.45, 2.75) is 117 Å². The summed E-state index contributed by atoms with van der Waals surface area (Å²) >= 11 is 9.54. The third kappa shape index (κ3) is 9.72. The summed E-state index contributed by atoms with van der Waals surface area (Å²) in [5.74, 6) is 1.03. The summed E-state index contributed by atoms with van der Waals surface area (Å²) in [5, 5.41) is 32.3. The predicted molar refractivity (Wildman–Crippen MR) is 278 cm³/mol. The maximum Gasteiger partial charge on any atom is 0.248 e. The van der Waals surface area contributed by atoms with Crippen LogP contribution in [0.5, 0.6) is 5.75 Å². The van der Waals surface area contributed by atoms with Gasteiger partial charge in [0, 0.05) is 76.9 Å². The number of aliphatic hydroxyl groups excluding tert-OH is 1. The number of ether oxygens (including phenoxy) is 1. The summed E-state index contributed by atoms with van der Waals surface area (Å²) in [7, 11) is 0. The molecule has 2 fully saturated rings. The van der Waals surface area contributed by atoms with Crippen molar-refractivity contribution >= 4 is 57.7 Å². The number of thiophene rings is 1. The summed E-state index contributed by atoms with van der Waals surface area (Å²) in [6.07, 6.45) is 5.63.